The van der Waals surface area contributed by atoms with Crippen molar-refractivity contribution >= 4 is 21.6 Å². The molecule has 0 bridgehead atoms. The fraction of sp³-hybridized carbons (Fsp3) is 0.381. The van der Waals surface area contributed by atoms with E-state index < -0.39 is 22.0 Å². The second-order valence-corrected chi connectivity index (χ2v) is 8.64. The van der Waals surface area contributed by atoms with Crippen LogP contribution in [0, 0.1) is 6.92 Å². The number of benzene rings is 2. The maximum atomic E-state index is 12.8. The van der Waals surface area contributed by atoms with Crippen molar-refractivity contribution in [2.45, 2.75) is 26.4 Å². The molecule has 0 aliphatic carbocycles. The smallest absolute Gasteiger partial charge is 0.243 e. The summed E-state index contributed by atoms with van der Waals surface area (Å²) in [6, 6.07) is 9.46. The van der Waals surface area contributed by atoms with Crippen LogP contribution in [-0.4, -0.2) is 48.0 Å². The average Bonchev–Trinajstić information content (AvgIpc) is 2.71. The molecule has 9 heteroatoms. The number of sulfonamides is 1. The number of hydrogen-bond donors (Lipinski definition) is 1. The standard InChI is InChI=1S/C21H28N2O6S/c1-14-7-10-17(11-8-14)23(30(6,25)26)15(2)21(24)22-13-16-9-12-18(27-3)20(29-5)19(16)28-4/h7-12,15H,13H2,1-6H3,(H,22,24). The largest absolute Gasteiger partial charge is 0.493 e. The van der Waals surface area contributed by atoms with E-state index in [1.165, 1.54) is 21.3 Å². The number of amides is 1. The Labute approximate surface area is 177 Å². The third-order valence-electron chi connectivity index (χ3n) is 4.62. The van der Waals surface area contributed by atoms with Crippen molar-refractivity contribution in [3.05, 3.63) is 47.5 Å². The molecule has 0 aromatic heterocycles. The first-order chi connectivity index (χ1) is 14.1. The Kier molecular flexibility index (Phi) is 7.55. The van der Waals surface area contributed by atoms with Gasteiger partial charge in [-0.2, -0.15) is 0 Å². The first-order valence-corrected chi connectivity index (χ1v) is 11.1. The van der Waals surface area contributed by atoms with Gasteiger partial charge in [0, 0.05) is 12.1 Å². The summed E-state index contributed by atoms with van der Waals surface area (Å²) in [6.07, 6.45) is 1.08. The molecular weight excluding hydrogens is 408 g/mol. The molecule has 0 saturated carbocycles. The van der Waals surface area contributed by atoms with E-state index in [1.807, 2.05) is 6.92 Å². The van der Waals surface area contributed by atoms with E-state index in [2.05, 4.69) is 5.32 Å². The van der Waals surface area contributed by atoms with Crippen LogP contribution in [0.2, 0.25) is 0 Å². The van der Waals surface area contributed by atoms with Crippen LogP contribution in [0.1, 0.15) is 18.1 Å². The first-order valence-electron chi connectivity index (χ1n) is 9.25. The summed E-state index contributed by atoms with van der Waals surface area (Å²) in [7, 11) is 0.830. The number of carbonyl (C=O) groups is 1. The minimum Gasteiger partial charge on any atom is -0.493 e. The second-order valence-electron chi connectivity index (χ2n) is 6.78. The van der Waals surface area contributed by atoms with Gasteiger partial charge in [0.05, 0.1) is 33.3 Å². The minimum atomic E-state index is -3.68. The Morgan fingerprint density at radius 2 is 1.60 bits per heavy atom. The zero-order valence-corrected chi connectivity index (χ0v) is 18.9. The molecule has 0 aliphatic heterocycles. The molecule has 30 heavy (non-hydrogen) atoms. The lowest BCUT2D eigenvalue weighted by Gasteiger charge is -2.28. The second kappa shape index (κ2) is 9.71. The Balaban J connectivity index is 2.25. The number of nitrogens with zero attached hydrogens (tertiary/aromatic N) is 1. The molecule has 1 unspecified atom stereocenters. The highest BCUT2D eigenvalue weighted by atomic mass is 32.2. The number of anilines is 1. The zero-order valence-electron chi connectivity index (χ0n) is 18.1. The number of methoxy groups -OCH3 is 3. The molecule has 0 saturated heterocycles. The number of rotatable bonds is 9. The first kappa shape index (κ1) is 23.3. The van der Waals surface area contributed by atoms with Gasteiger partial charge in [-0.15, -0.1) is 0 Å². The predicted molar refractivity (Wildman–Crippen MR) is 116 cm³/mol. The molecule has 2 rings (SSSR count). The van der Waals surface area contributed by atoms with Crippen LogP contribution in [0.3, 0.4) is 0 Å². The highest BCUT2D eigenvalue weighted by Crippen LogP contribution is 2.39. The SMILES string of the molecule is COc1ccc(CNC(=O)C(C)N(c2ccc(C)cc2)S(C)(=O)=O)c(OC)c1OC. The van der Waals surface area contributed by atoms with Crippen LogP contribution >= 0.6 is 0 Å². The molecule has 0 heterocycles. The topological polar surface area (TPSA) is 94.2 Å². The summed E-state index contributed by atoms with van der Waals surface area (Å²) in [5.74, 6) is 0.902. The quantitative estimate of drug-likeness (QED) is 0.649. The molecule has 8 nitrogen and oxygen atoms in total. The molecule has 2 aromatic carbocycles. The van der Waals surface area contributed by atoms with Crippen molar-refractivity contribution in [2.24, 2.45) is 0 Å². The normalized spacial score (nSPS) is 12.1. The number of aryl methyl sites for hydroxylation is 1. The average molecular weight is 437 g/mol. The summed E-state index contributed by atoms with van der Waals surface area (Å²) in [5.41, 5.74) is 2.08. The molecule has 0 fully saturated rings. The van der Waals surface area contributed by atoms with E-state index in [0.29, 0.717) is 28.5 Å². The summed E-state index contributed by atoms with van der Waals surface area (Å²) in [6.45, 7) is 3.57. The minimum absolute atomic E-state index is 0.123. The van der Waals surface area contributed by atoms with E-state index in [4.69, 9.17) is 14.2 Å². The Morgan fingerprint density at radius 3 is 2.10 bits per heavy atom. The number of carbonyl (C=O) groups excluding carboxylic acids is 1. The summed E-state index contributed by atoms with van der Waals surface area (Å²) >= 11 is 0. The molecular formula is C21H28N2O6S. The Bertz CT molecular complexity index is 989. The highest BCUT2D eigenvalue weighted by Gasteiger charge is 2.29. The van der Waals surface area contributed by atoms with Crippen molar-refractivity contribution < 1.29 is 27.4 Å². The van der Waals surface area contributed by atoms with Crippen molar-refractivity contribution in [3.8, 4) is 17.2 Å². The lowest BCUT2D eigenvalue weighted by molar-refractivity contribution is -0.122. The molecule has 164 valence electrons. The van der Waals surface area contributed by atoms with Crippen LogP contribution in [-0.2, 0) is 21.4 Å². The third kappa shape index (κ3) is 5.15. The molecule has 0 aliphatic rings. The van der Waals surface area contributed by atoms with E-state index in [1.54, 1.807) is 43.3 Å². The van der Waals surface area contributed by atoms with E-state index >= 15 is 0 Å². The van der Waals surface area contributed by atoms with E-state index in [0.717, 1.165) is 16.1 Å². The number of hydrogen-bond acceptors (Lipinski definition) is 6. The van der Waals surface area contributed by atoms with Gasteiger partial charge in [-0.1, -0.05) is 17.7 Å². The van der Waals surface area contributed by atoms with Gasteiger partial charge in [0.15, 0.2) is 11.5 Å². The molecule has 0 radical (unpaired) electrons. The third-order valence-corrected chi connectivity index (χ3v) is 5.86. The summed E-state index contributed by atoms with van der Waals surface area (Å²) in [4.78, 5) is 12.8. The molecule has 1 atom stereocenters. The molecule has 1 amide bonds. The van der Waals surface area contributed by atoms with Gasteiger partial charge in [-0.25, -0.2) is 8.42 Å². The van der Waals surface area contributed by atoms with Gasteiger partial charge < -0.3 is 19.5 Å². The maximum Gasteiger partial charge on any atom is 0.243 e. The van der Waals surface area contributed by atoms with Gasteiger partial charge in [-0.05, 0) is 38.1 Å². The molecule has 0 spiro atoms. The van der Waals surface area contributed by atoms with Crippen LogP contribution in [0.15, 0.2) is 36.4 Å². The Hall–Kier alpha value is -2.94. The summed E-state index contributed by atoms with van der Waals surface area (Å²) in [5, 5.41) is 2.77. The predicted octanol–water partition coefficient (Wildman–Crippen LogP) is 2.49. The van der Waals surface area contributed by atoms with Crippen LogP contribution in [0.25, 0.3) is 0 Å². The van der Waals surface area contributed by atoms with Crippen LogP contribution in [0.5, 0.6) is 17.2 Å². The van der Waals surface area contributed by atoms with Gasteiger partial charge >= 0.3 is 0 Å². The molecule has 2 aromatic rings. The maximum absolute atomic E-state index is 12.8. The fourth-order valence-corrected chi connectivity index (χ4v) is 4.31. The summed E-state index contributed by atoms with van der Waals surface area (Å²) < 4.78 is 41.9. The van der Waals surface area contributed by atoms with E-state index in [9.17, 15) is 13.2 Å². The number of nitrogens with one attached hydrogen (secondary N) is 1. The van der Waals surface area contributed by atoms with Gasteiger partial charge in [0.25, 0.3) is 0 Å². The molecule has 1 N–H and O–H groups in total. The van der Waals surface area contributed by atoms with Crippen LogP contribution in [0.4, 0.5) is 5.69 Å². The van der Waals surface area contributed by atoms with Gasteiger partial charge in [0.1, 0.15) is 6.04 Å². The van der Waals surface area contributed by atoms with Gasteiger partial charge in [-0.3, -0.25) is 9.10 Å². The lowest BCUT2D eigenvalue weighted by atomic mass is 10.1. The van der Waals surface area contributed by atoms with Crippen LogP contribution < -0.4 is 23.8 Å². The highest BCUT2D eigenvalue weighted by molar-refractivity contribution is 7.92. The van der Waals surface area contributed by atoms with Crippen molar-refractivity contribution in [1.29, 1.82) is 0 Å². The van der Waals surface area contributed by atoms with E-state index in [-0.39, 0.29) is 6.54 Å². The van der Waals surface area contributed by atoms with Crippen molar-refractivity contribution in [1.82, 2.24) is 5.32 Å². The van der Waals surface area contributed by atoms with Gasteiger partial charge in [0.2, 0.25) is 21.7 Å². The lowest BCUT2D eigenvalue weighted by Crippen LogP contribution is -2.47. The fourth-order valence-electron chi connectivity index (χ4n) is 3.13. The van der Waals surface area contributed by atoms with Crippen molar-refractivity contribution in [2.75, 3.05) is 31.9 Å². The Morgan fingerprint density at radius 1 is 1.00 bits per heavy atom. The number of ether oxygens (including phenoxy) is 3. The van der Waals surface area contributed by atoms with Crippen molar-refractivity contribution in [3.63, 3.8) is 0 Å². The monoisotopic (exact) mass is 436 g/mol. The zero-order chi connectivity index (χ0) is 22.5.